The highest BCUT2D eigenvalue weighted by Gasteiger charge is 2.38. The molecule has 3 aromatic rings. The number of amides is 1. The van der Waals surface area contributed by atoms with Crippen molar-refractivity contribution in [2.45, 2.75) is 82.7 Å². The topological polar surface area (TPSA) is 92.2 Å². The second-order valence-corrected chi connectivity index (χ2v) is 11.8. The Balaban J connectivity index is 1.30. The Morgan fingerprint density at radius 1 is 1.25 bits per heavy atom. The van der Waals surface area contributed by atoms with Crippen LogP contribution in [0.5, 0.6) is 0 Å². The van der Waals surface area contributed by atoms with Crippen molar-refractivity contribution in [3.05, 3.63) is 57.3 Å². The van der Waals surface area contributed by atoms with Gasteiger partial charge in [-0.2, -0.15) is 8.78 Å². The Kier molecular flexibility index (Phi) is 8.63. The molecule has 2 fully saturated rings. The Morgan fingerprint density at radius 2 is 1.98 bits per heavy atom. The molecule has 2 N–H and O–H groups in total. The summed E-state index contributed by atoms with van der Waals surface area (Å²) in [6, 6.07) is 6.22. The second kappa shape index (κ2) is 12.0. The van der Waals surface area contributed by atoms with E-state index in [1.807, 2.05) is 38.3 Å². The highest BCUT2D eigenvalue weighted by Crippen LogP contribution is 2.39. The molecule has 0 radical (unpaired) electrons. The summed E-state index contributed by atoms with van der Waals surface area (Å²) in [4.78, 5) is 36.8. The van der Waals surface area contributed by atoms with Gasteiger partial charge in [0.05, 0.1) is 11.7 Å². The maximum atomic E-state index is 13.6. The van der Waals surface area contributed by atoms with Crippen LogP contribution in [0.4, 0.5) is 8.78 Å². The van der Waals surface area contributed by atoms with Gasteiger partial charge in [-0.3, -0.25) is 14.5 Å². The molecule has 40 heavy (non-hydrogen) atoms. The summed E-state index contributed by atoms with van der Waals surface area (Å²) < 4.78 is 31.8. The van der Waals surface area contributed by atoms with Crippen LogP contribution in [0.3, 0.4) is 0 Å². The van der Waals surface area contributed by atoms with Gasteiger partial charge in [0.25, 0.3) is 11.5 Å². The van der Waals surface area contributed by atoms with Crippen molar-refractivity contribution in [2.75, 3.05) is 19.3 Å². The number of alkyl halides is 2. The standard InChI is InChI=1S/C29H37F2N5O3S/c1-16-12-24(40-4)23(27(37)34-16)13-33-28(38)25-18(3)36(26-22(25)6-5-11-32-26)17(2)19-7-9-20(10-8-19)35-14-21(15-35)39-29(30)31/h5-6,11-12,17,19-21,29H,7-10,13-15H2,1-4H3,(H,33,38)(H,34,37)/t17-,19?,20?/m1/s1. The van der Waals surface area contributed by atoms with Gasteiger partial charge < -0.3 is 19.6 Å². The fourth-order valence-corrected chi connectivity index (χ4v) is 7.20. The molecule has 1 saturated heterocycles. The van der Waals surface area contributed by atoms with Crippen LogP contribution in [-0.4, -0.2) is 63.4 Å². The van der Waals surface area contributed by atoms with Crippen LogP contribution >= 0.6 is 11.8 Å². The van der Waals surface area contributed by atoms with Gasteiger partial charge in [-0.15, -0.1) is 11.8 Å². The number of rotatable bonds is 9. The highest BCUT2D eigenvalue weighted by molar-refractivity contribution is 7.98. The number of hydrogen-bond donors (Lipinski definition) is 2. The van der Waals surface area contributed by atoms with E-state index in [0.29, 0.717) is 36.2 Å². The first kappa shape index (κ1) is 28.8. The Labute approximate surface area is 236 Å². The summed E-state index contributed by atoms with van der Waals surface area (Å²) in [7, 11) is 0. The van der Waals surface area contributed by atoms with Gasteiger partial charge in [-0.25, -0.2) is 4.98 Å². The van der Waals surface area contributed by atoms with Crippen molar-refractivity contribution in [2.24, 2.45) is 5.92 Å². The van der Waals surface area contributed by atoms with Crippen molar-refractivity contribution in [3.63, 3.8) is 0 Å². The van der Waals surface area contributed by atoms with Gasteiger partial charge in [0, 0.05) is 65.1 Å². The Morgan fingerprint density at radius 3 is 2.65 bits per heavy atom. The third kappa shape index (κ3) is 5.69. The van der Waals surface area contributed by atoms with Crippen LogP contribution in [-0.2, 0) is 11.3 Å². The Bertz CT molecular complexity index is 1430. The SMILES string of the molecule is CSc1cc(C)[nH]c(=O)c1CNC(=O)c1c(C)n([C@H](C)C2CCC(N3CC(OC(F)F)C3)CC2)c2ncccc12. The lowest BCUT2D eigenvalue weighted by molar-refractivity contribution is -0.202. The van der Waals surface area contributed by atoms with E-state index in [1.54, 1.807) is 6.20 Å². The number of carbonyl (C=O) groups is 1. The van der Waals surface area contributed by atoms with E-state index >= 15 is 0 Å². The molecule has 0 aromatic carbocycles. The second-order valence-electron chi connectivity index (χ2n) is 11.0. The Hall–Kier alpha value is -2.76. The fourth-order valence-electron chi connectivity index (χ4n) is 6.50. The molecule has 5 rings (SSSR count). The minimum Gasteiger partial charge on any atom is -0.348 e. The molecule has 11 heteroatoms. The van der Waals surface area contributed by atoms with E-state index < -0.39 is 6.61 Å². The summed E-state index contributed by atoms with van der Waals surface area (Å²) in [6.45, 7) is 4.58. The normalized spacial score (nSPS) is 21.1. The number of carbonyl (C=O) groups excluding carboxylic acids is 1. The molecule has 4 heterocycles. The molecule has 1 amide bonds. The third-order valence-corrected chi connectivity index (χ3v) is 9.43. The zero-order valence-corrected chi connectivity index (χ0v) is 24.2. The number of aromatic nitrogens is 3. The molecule has 0 unspecified atom stereocenters. The molecular weight excluding hydrogens is 536 g/mol. The van der Waals surface area contributed by atoms with E-state index in [9.17, 15) is 18.4 Å². The number of nitrogens with zero attached hydrogens (tertiary/aromatic N) is 3. The molecule has 3 aromatic heterocycles. The molecule has 1 aliphatic heterocycles. The maximum Gasteiger partial charge on any atom is 0.345 e. The molecule has 0 bridgehead atoms. The lowest BCUT2D eigenvalue weighted by Gasteiger charge is -2.46. The van der Waals surface area contributed by atoms with Crippen LogP contribution in [0.25, 0.3) is 11.0 Å². The minimum absolute atomic E-state index is 0.134. The smallest absolute Gasteiger partial charge is 0.345 e. The molecule has 1 atom stereocenters. The lowest BCUT2D eigenvalue weighted by Crippen LogP contribution is -2.57. The fraction of sp³-hybridized carbons (Fsp3) is 0.552. The summed E-state index contributed by atoms with van der Waals surface area (Å²) in [5, 5.41) is 3.78. The van der Waals surface area contributed by atoms with Gasteiger partial charge in [-0.05, 0) is 76.8 Å². The number of ether oxygens (including phenoxy) is 1. The molecule has 1 saturated carbocycles. The van der Waals surface area contributed by atoms with Crippen molar-refractivity contribution >= 4 is 28.7 Å². The first-order valence-electron chi connectivity index (χ1n) is 13.9. The van der Waals surface area contributed by atoms with Crippen LogP contribution in [0.15, 0.2) is 34.1 Å². The average molecular weight is 574 g/mol. The van der Waals surface area contributed by atoms with Crippen molar-refractivity contribution in [3.8, 4) is 0 Å². The molecule has 216 valence electrons. The molecule has 1 aliphatic carbocycles. The summed E-state index contributed by atoms with van der Waals surface area (Å²) in [5.41, 5.74) is 3.37. The van der Waals surface area contributed by atoms with E-state index in [2.05, 4.69) is 36.4 Å². The zero-order valence-electron chi connectivity index (χ0n) is 23.4. The summed E-state index contributed by atoms with van der Waals surface area (Å²) in [6.07, 6.45) is 7.37. The maximum absolute atomic E-state index is 13.6. The van der Waals surface area contributed by atoms with Crippen molar-refractivity contribution in [1.82, 2.24) is 24.8 Å². The first-order chi connectivity index (χ1) is 19.2. The number of halogens is 2. The highest BCUT2D eigenvalue weighted by atomic mass is 32.2. The number of fused-ring (bicyclic) bond motifs is 1. The number of H-pyrrole nitrogens is 1. The van der Waals surface area contributed by atoms with Gasteiger partial charge in [0.15, 0.2) is 0 Å². The average Bonchev–Trinajstić information content (AvgIpc) is 3.20. The van der Waals surface area contributed by atoms with E-state index in [0.717, 1.165) is 53.0 Å². The third-order valence-electron chi connectivity index (χ3n) is 8.63. The summed E-state index contributed by atoms with van der Waals surface area (Å²) >= 11 is 1.49. The zero-order chi connectivity index (χ0) is 28.6. The monoisotopic (exact) mass is 573 g/mol. The van der Waals surface area contributed by atoms with Gasteiger partial charge >= 0.3 is 6.61 Å². The number of aryl methyl sites for hydroxylation is 1. The number of hydrogen-bond acceptors (Lipinski definition) is 6. The van der Waals surface area contributed by atoms with E-state index in [1.165, 1.54) is 11.8 Å². The van der Waals surface area contributed by atoms with Gasteiger partial charge in [0.2, 0.25) is 0 Å². The molecule has 2 aliphatic rings. The number of nitrogens with one attached hydrogen (secondary N) is 2. The van der Waals surface area contributed by atoms with Gasteiger partial charge in [0.1, 0.15) is 5.65 Å². The largest absolute Gasteiger partial charge is 0.348 e. The molecule has 0 spiro atoms. The van der Waals surface area contributed by atoms with Crippen molar-refractivity contribution < 1.29 is 18.3 Å². The number of likely N-dealkylation sites (tertiary alicyclic amines) is 1. The van der Waals surface area contributed by atoms with Crippen molar-refractivity contribution in [1.29, 1.82) is 0 Å². The number of thioether (sulfide) groups is 1. The predicted octanol–water partition coefficient (Wildman–Crippen LogP) is 5.04. The van der Waals surface area contributed by atoms with Crippen LogP contribution in [0, 0.1) is 19.8 Å². The first-order valence-corrected chi connectivity index (χ1v) is 15.1. The van der Waals surface area contributed by atoms with Crippen LogP contribution in [0.1, 0.15) is 66.0 Å². The number of pyridine rings is 2. The summed E-state index contributed by atoms with van der Waals surface area (Å²) in [5.74, 6) is 0.184. The quantitative estimate of drug-likeness (QED) is 0.349. The van der Waals surface area contributed by atoms with Crippen LogP contribution < -0.4 is 10.9 Å². The predicted molar refractivity (Wildman–Crippen MR) is 152 cm³/mol. The lowest BCUT2D eigenvalue weighted by atomic mass is 9.80. The van der Waals surface area contributed by atoms with E-state index in [-0.39, 0.29) is 30.2 Å². The van der Waals surface area contributed by atoms with Crippen LogP contribution in [0.2, 0.25) is 0 Å². The van der Waals surface area contributed by atoms with Gasteiger partial charge in [-0.1, -0.05) is 0 Å². The van der Waals surface area contributed by atoms with E-state index in [4.69, 9.17) is 0 Å². The number of aromatic amines is 1. The molecule has 8 nitrogen and oxygen atoms in total. The molecular formula is C29H37F2N5O3S. The minimum atomic E-state index is -2.71.